The van der Waals surface area contributed by atoms with Crippen LogP contribution in [0.3, 0.4) is 0 Å². The molecule has 2 aromatic carbocycles. The molecule has 10 nitrogen and oxygen atoms in total. The number of nitrogens with zero attached hydrogens (tertiary/aromatic N) is 5. The van der Waals surface area contributed by atoms with Gasteiger partial charge < -0.3 is 10.0 Å². The van der Waals surface area contributed by atoms with Crippen molar-refractivity contribution in [1.29, 1.82) is 0 Å². The fourth-order valence-electron chi connectivity index (χ4n) is 4.17. The van der Waals surface area contributed by atoms with Gasteiger partial charge >= 0.3 is 11.4 Å². The van der Waals surface area contributed by atoms with E-state index in [1.165, 1.54) is 10.8 Å². The highest BCUT2D eigenvalue weighted by molar-refractivity contribution is 5.91. The molecule has 0 aliphatic rings. The van der Waals surface area contributed by atoms with E-state index < -0.39 is 17.1 Å². The summed E-state index contributed by atoms with van der Waals surface area (Å²) in [4.78, 5) is 46.4. The van der Waals surface area contributed by atoms with E-state index in [1.54, 1.807) is 49.0 Å². The van der Waals surface area contributed by atoms with Gasteiger partial charge in [0.25, 0.3) is 5.56 Å². The van der Waals surface area contributed by atoms with Crippen LogP contribution in [0.1, 0.15) is 25.0 Å². The number of benzene rings is 2. The number of aryl methyl sites for hydroxylation is 3. The van der Waals surface area contributed by atoms with Gasteiger partial charge in [0.1, 0.15) is 5.56 Å². The van der Waals surface area contributed by atoms with Crippen LogP contribution < -0.4 is 21.8 Å². The van der Waals surface area contributed by atoms with E-state index in [9.17, 15) is 19.5 Å². The molecular formula is C25H28N6O4. The third kappa shape index (κ3) is 4.07. The van der Waals surface area contributed by atoms with Gasteiger partial charge in [0.05, 0.1) is 28.1 Å². The van der Waals surface area contributed by atoms with Gasteiger partial charge in [-0.1, -0.05) is 17.7 Å². The third-order valence-corrected chi connectivity index (χ3v) is 6.22. The zero-order valence-corrected chi connectivity index (χ0v) is 20.4. The van der Waals surface area contributed by atoms with Gasteiger partial charge in [-0.05, 0) is 45.0 Å². The highest BCUT2D eigenvalue weighted by Gasteiger charge is 2.17. The van der Waals surface area contributed by atoms with Crippen molar-refractivity contribution >= 4 is 28.6 Å². The van der Waals surface area contributed by atoms with Crippen molar-refractivity contribution in [2.75, 3.05) is 18.0 Å². The summed E-state index contributed by atoms with van der Waals surface area (Å²) < 4.78 is 4.13. The van der Waals surface area contributed by atoms with E-state index in [2.05, 4.69) is 14.9 Å². The predicted octanol–water partition coefficient (Wildman–Crippen LogP) is 2.33. The molecule has 2 aromatic heterocycles. The lowest BCUT2D eigenvalue weighted by Gasteiger charge is -2.23. The van der Waals surface area contributed by atoms with E-state index in [-0.39, 0.29) is 11.3 Å². The van der Waals surface area contributed by atoms with E-state index >= 15 is 0 Å². The summed E-state index contributed by atoms with van der Waals surface area (Å²) >= 11 is 0. The smallest absolute Gasteiger partial charge is 0.335 e. The number of rotatable bonds is 6. The van der Waals surface area contributed by atoms with Gasteiger partial charge in [-0.15, -0.1) is 0 Å². The van der Waals surface area contributed by atoms with Crippen LogP contribution in [0, 0.1) is 6.92 Å². The molecule has 0 radical (unpaired) electrons. The van der Waals surface area contributed by atoms with Gasteiger partial charge in [0.15, 0.2) is 0 Å². The number of aromatic hydroxyl groups is 1. The summed E-state index contributed by atoms with van der Waals surface area (Å²) in [5.41, 5.74) is 2.32. The number of hydrogen-bond acceptors (Lipinski definition) is 6. The lowest BCUT2D eigenvalue weighted by molar-refractivity contribution is 0.430. The fourth-order valence-corrected chi connectivity index (χ4v) is 4.17. The number of aromatic nitrogens is 4. The minimum atomic E-state index is -0.753. The molecule has 0 atom stereocenters. The number of anilines is 1. The molecule has 4 aromatic rings. The van der Waals surface area contributed by atoms with E-state index in [1.807, 2.05) is 26.8 Å². The molecule has 2 N–H and O–H groups in total. The molecule has 0 aliphatic carbocycles. The molecule has 182 valence electrons. The van der Waals surface area contributed by atoms with Gasteiger partial charge in [-0.3, -0.25) is 23.9 Å². The molecule has 0 bridgehead atoms. The molecule has 0 aliphatic heterocycles. The number of fused-ring (bicyclic) bond motifs is 1. The standard InChI is InChI=1S/C25H28N6O4/c1-6-30(7-2)19-13-21-20(28(4)25(35)29(21)5)12-18(19)26-14-17-22(32)27-24(34)31(23(17)33)16-10-8-15(3)9-11-16/h8-14,33H,6-7H2,1-5H3,(H,27,32,34). The number of imidazole rings is 1. The van der Waals surface area contributed by atoms with Crippen LogP contribution in [0.25, 0.3) is 16.7 Å². The number of aliphatic imine (C=N–C) groups is 1. The van der Waals surface area contributed by atoms with Crippen molar-refractivity contribution in [2.24, 2.45) is 19.1 Å². The van der Waals surface area contributed by atoms with Gasteiger partial charge in [0, 0.05) is 33.4 Å². The largest absolute Gasteiger partial charge is 0.493 e. The fraction of sp³-hybridized carbons (Fsp3) is 0.280. The number of aromatic amines is 1. The third-order valence-electron chi connectivity index (χ3n) is 6.22. The lowest BCUT2D eigenvalue weighted by Crippen LogP contribution is -2.31. The van der Waals surface area contributed by atoms with Crippen LogP contribution in [0.15, 0.2) is 55.8 Å². The minimum absolute atomic E-state index is 0.155. The van der Waals surface area contributed by atoms with Crippen LogP contribution in [-0.4, -0.2) is 43.1 Å². The van der Waals surface area contributed by atoms with E-state index in [4.69, 9.17) is 0 Å². The topological polar surface area (TPSA) is 118 Å². The zero-order chi connectivity index (χ0) is 25.4. The molecular weight excluding hydrogens is 448 g/mol. The molecule has 2 heterocycles. The molecule has 0 saturated carbocycles. The van der Waals surface area contributed by atoms with Crippen molar-refractivity contribution in [3.63, 3.8) is 0 Å². The zero-order valence-electron chi connectivity index (χ0n) is 20.4. The molecule has 0 spiro atoms. The van der Waals surface area contributed by atoms with Crippen LogP contribution in [-0.2, 0) is 14.1 Å². The Kier molecular flexibility index (Phi) is 6.21. The van der Waals surface area contributed by atoms with Crippen molar-refractivity contribution < 1.29 is 5.11 Å². The first kappa shape index (κ1) is 23.8. The Morgan fingerprint density at radius 2 is 1.60 bits per heavy atom. The van der Waals surface area contributed by atoms with Crippen LogP contribution in [0.5, 0.6) is 5.88 Å². The maximum Gasteiger partial charge on any atom is 0.335 e. The van der Waals surface area contributed by atoms with Crippen molar-refractivity contribution in [3.8, 4) is 11.6 Å². The molecule has 35 heavy (non-hydrogen) atoms. The monoisotopic (exact) mass is 476 g/mol. The van der Waals surface area contributed by atoms with Crippen molar-refractivity contribution in [2.45, 2.75) is 20.8 Å². The van der Waals surface area contributed by atoms with E-state index in [0.29, 0.717) is 30.0 Å². The summed E-state index contributed by atoms with van der Waals surface area (Å²) in [6.45, 7) is 7.34. The Morgan fingerprint density at radius 3 is 2.20 bits per heavy atom. The van der Waals surface area contributed by atoms with Crippen molar-refractivity contribution in [1.82, 2.24) is 18.7 Å². The Hall–Kier alpha value is -4.34. The molecule has 4 rings (SSSR count). The van der Waals surface area contributed by atoms with Gasteiger partial charge in [-0.25, -0.2) is 14.2 Å². The minimum Gasteiger partial charge on any atom is -0.493 e. The molecule has 10 heteroatoms. The predicted molar refractivity (Wildman–Crippen MR) is 138 cm³/mol. The van der Waals surface area contributed by atoms with E-state index in [0.717, 1.165) is 21.3 Å². The van der Waals surface area contributed by atoms with Crippen LogP contribution in [0.4, 0.5) is 11.4 Å². The molecule has 0 unspecified atom stereocenters. The van der Waals surface area contributed by atoms with Crippen LogP contribution in [0.2, 0.25) is 0 Å². The molecule has 0 saturated heterocycles. The highest BCUT2D eigenvalue weighted by Crippen LogP contribution is 2.33. The van der Waals surface area contributed by atoms with Crippen LogP contribution >= 0.6 is 0 Å². The summed E-state index contributed by atoms with van der Waals surface area (Å²) in [5, 5.41) is 10.9. The Labute approximate surface area is 201 Å². The Bertz CT molecular complexity index is 1620. The summed E-state index contributed by atoms with van der Waals surface area (Å²) in [5.74, 6) is -0.510. The number of nitrogens with one attached hydrogen (secondary N) is 1. The average molecular weight is 477 g/mol. The Morgan fingerprint density at radius 1 is 1.00 bits per heavy atom. The lowest BCUT2D eigenvalue weighted by atomic mass is 10.2. The first-order valence-corrected chi connectivity index (χ1v) is 11.3. The first-order valence-electron chi connectivity index (χ1n) is 11.3. The summed E-state index contributed by atoms with van der Waals surface area (Å²) in [7, 11) is 3.40. The number of H-pyrrole nitrogens is 1. The normalized spacial score (nSPS) is 11.6. The van der Waals surface area contributed by atoms with Gasteiger partial charge in [0.2, 0.25) is 5.88 Å². The second-order valence-electron chi connectivity index (χ2n) is 8.33. The second-order valence-corrected chi connectivity index (χ2v) is 8.33. The second kappa shape index (κ2) is 9.13. The molecule has 0 amide bonds. The maximum atomic E-state index is 12.6. The average Bonchev–Trinajstić information content (AvgIpc) is 3.04. The van der Waals surface area contributed by atoms with Gasteiger partial charge in [-0.2, -0.15) is 0 Å². The van der Waals surface area contributed by atoms with Crippen molar-refractivity contribution in [3.05, 3.63) is 78.8 Å². The highest BCUT2D eigenvalue weighted by atomic mass is 16.3. The maximum absolute atomic E-state index is 12.6. The summed E-state index contributed by atoms with van der Waals surface area (Å²) in [6, 6.07) is 10.6. The number of hydrogen-bond donors (Lipinski definition) is 2. The quantitative estimate of drug-likeness (QED) is 0.414. The summed E-state index contributed by atoms with van der Waals surface area (Å²) in [6.07, 6.45) is 1.24. The molecule has 0 fully saturated rings. The Balaban J connectivity index is 1.92. The first-order chi connectivity index (χ1) is 16.7. The SMILES string of the molecule is CCN(CC)c1cc2c(cc1N=Cc1c(O)n(-c3ccc(C)cc3)c(=O)[nH]c1=O)n(C)c(=O)n2C.